The van der Waals surface area contributed by atoms with Crippen molar-refractivity contribution in [1.29, 1.82) is 0 Å². The number of hydrogen-bond acceptors (Lipinski definition) is 4. The molecule has 0 spiro atoms. The number of anilines is 1. The van der Waals surface area contributed by atoms with Crippen LogP contribution in [0.25, 0.3) is 0 Å². The molecule has 1 unspecified atom stereocenters. The van der Waals surface area contributed by atoms with Crippen molar-refractivity contribution in [2.24, 2.45) is 0 Å². The maximum Gasteiger partial charge on any atom is 0.339 e. The summed E-state index contributed by atoms with van der Waals surface area (Å²) in [5, 5.41) is 9.08. The van der Waals surface area contributed by atoms with Gasteiger partial charge >= 0.3 is 5.97 Å². The Balaban J connectivity index is 2.29. The second kappa shape index (κ2) is 5.30. The fraction of sp³-hybridized carbons (Fsp3) is 0.500. The number of aromatic nitrogens is 1. The molecule has 1 atom stereocenters. The number of ether oxygens (including phenoxy) is 1. The molecule has 2 rings (SSSR count). The molecule has 1 N–H and O–H groups in total. The van der Waals surface area contributed by atoms with Crippen LogP contribution in [0.4, 0.5) is 10.2 Å². The Bertz CT molecular complexity index is 453. The normalized spacial score (nSPS) is 19.9. The zero-order chi connectivity index (χ0) is 13.1. The summed E-state index contributed by atoms with van der Waals surface area (Å²) in [4.78, 5) is 16.8. The van der Waals surface area contributed by atoms with Crippen molar-refractivity contribution in [3.05, 3.63) is 23.6 Å². The van der Waals surface area contributed by atoms with Gasteiger partial charge in [0.1, 0.15) is 17.2 Å². The maximum atomic E-state index is 13.0. The van der Waals surface area contributed by atoms with Crippen molar-refractivity contribution in [1.82, 2.24) is 4.98 Å². The number of hydrogen-bond donors (Lipinski definition) is 1. The summed E-state index contributed by atoms with van der Waals surface area (Å²) < 4.78 is 18.6. The average Bonchev–Trinajstić information content (AvgIpc) is 2.38. The minimum Gasteiger partial charge on any atom is -0.478 e. The summed E-state index contributed by atoms with van der Waals surface area (Å²) >= 11 is 0. The van der Waals surface area contributed by atoms with Crippen molar-refractivity contribution in [2.75, 3.05) is 24.6 Å². The van der Waals surface area contributed by atoms with Gasteiger partial charge in [-0.2, -0.15) is 0 Å². The first-order chi connectivity index (χ1) is 8.61. The van der Waals surface area contributed by atoms with Crippen LogP contribution in [0.3, 0.4) is 0 Å². The van der Waals surface area contributed by atoms with E-state index in [2.05, 4.69) is 4.98 Å². The number of carbonyl (C=O) groups is 1. The lowest BCUT2D eigenvalue weighted by atomic mass is 10.2. The summed E-state index contributed by atoms with van der Waals surface area (Å²) in [5.41, 5.74) is -0.105. The zero-order valence-electron chi connectivity index (χ0n) is 10.1. The van der Waals surface area contributed by atoms with Crippen molar-refractivity contribution in [2.45, 2.75) is 19.4 Å². The predicted molar refractivity (Wildman–Crippen MR) is 63.4 cm³/mol. The molecule has 5 nitrogen and oxygen atoms in total. The molecule has 1 aliphatic rings. The van der Waals surface area contributed by atoms with E-state index >= 15 is 0 Å². The number of rotatable bonds is 3. The van der Waals surface area contributed by atoms with Crippen molar-refractivity contribution < 1.29 is 19.0 Å². The molecule has 0 saturated carbocycles. The summed E-state index contributed by atoms with van der Waals surface area (Å²) in [7, 11) is 0. The summed E-state index contributed by atoms with van der Waals surface area (Å²) in [6.07, 6.45) is 1.95. The Kier molecular flexibility index (Phi) is 3.76. The lowest BCUT2D eigenvalue weighted by molar-refractivity contribution is 0.0379. The van der Waals surface area contributed by atoms with Crippen LogP contribution < -0.4 is 4.90 Å². The van der Waals surface area contributed by atoms with E-state index < -0.39 is 11.8 Å². The van der Waals surface area contributed by atoms with Crippen LogP contribution in [0.5, 0.6) is 0 Å². The van der Waals surface area contributed by atoms with E-state index in [1.165, 1.54) is 0 Å². The molecule has 18 heavy (non-hydrogen) atoms. The topological polar surface area (TPSA) is 62.7 Å². The molecule has 2 heterocycles. The number of pyridine rings is 1. The number of carboxylic acid groups (broad SMARTS) is 1. The third-order valence-electron chi connectivity index (χ3n) is 2.96. The highest BCUT2D eigenvalue weighted by Gasteiger charge is 2.24. The molecule has 1 aliphatic heterocycles. The van der Waals surface area contributed by atoms with E-state index in [0.717, 1.165) is 18.7 Å². The number of aromatic carboxylic acids is 1. The minimum absolute atomic E-state index is 0.0623. The molecular formula is C12H15FN2O3. The molecular weight excluding hydrogens is 239 g/mol. The van der Waals surface area contributed by atoms with Crippen LogP contribution in [0.15, 0.2) is 12.3 Å². The van der Waals surface area contributed by atoms with E-state index in [-0.39, 0.29) is 11.7 Å². The standard InChI is InChI=1S/C12H15FN2O3/c1-2-9-7-15(3-4-18-9)11-10(12(16)17)5-8(13)6-14-11/h5-6,9H,2-4,7H2,1H3,(H,16,17). The van der Waals surface area contributed by atoms with Gasteiger partial charge in [-0.05, 0) is 12.5 Å². The van der Waals surface area contributed by atoms with E-state index in [1.54, 1.807) is 0 Å². The van der Waals surface area contributed by atoms with Crippen LogP contribution in [-0.4, -0.2) is 41.9 Å². The van der Waals surface area contributed by atoms with Gasteiger partial charge in [0.15, 0.2) is 0 Å². The summed E-state index contributed by atoms with van der Waals surface area (Å²) in [6, 6.07) is 1.00. The monoisotopic (exact) mass is 254 g/mol. The Labute approximate surface area is 104 Å². The highest BCUT2D eigenvalue weighted by molar-refractivity contribution is 5.93. The molecule has 6 heteroatoms. The summed E-state index contributed by atoms with van der Waals surface area (Å²) in [6.45, 7) is 3.67. The van der Waals surface area contributed by atoms with E-state index in [9.17, 15) is 9.18 Å². The second-order valence-electron chi connectivity index (χ2n) is 4.18. The third-order valence-corrected chi connectivity index (χ3v) is 2.96. The van der Waals surface area contributed by atoms with Gasteiger partial charge in [0, 0.05) is 13.1 Å². The van der Waals surface area contributed by atoms with E-state index in [1.807, 2.05) is 11.8 Å². The SMILES string of the molecule is CCC1CN(c2ncc(F)cc2C(=O)O)CCO1. The van der Waals surface area contributed by atoms with Crippen LogP contribution in [0, 0.1) is 5.82 Å². The van der Waals surface area contributed by atoms with Crippen LogP contribution in [-0.2, 0) is 4.74 Å². The molecule has 1 aromatic rings. The number of nitrogens with zero attached hydrogens (tertiary/aromatic N) is 2. The van der Waals surface area contributed by atoms with E-state index in [4.69, 9.17) is 9.84 Å². The Morgan fingerprint density at radius 2 is 2.50 bits per heavy atom. The predicted octanol–water partition coefficient (Wildman–Crippen LogP) is 1.53. The zero-order valence-corrected chi connectivity index (χ0v) is 10.1. The number of halogens is 1. The molecule has 1 aromatic heterocycles. The van der Waals surface area contributed by atoms with Gasteiger partial charge in [0.05, 0.1) is 18.9 Å². The lowest BCUT2D eigenvalue weighted by Crippen LogP contribution is -2.43. The first-order valence-electron chi connectivity index (χ1n) is 5.87. The quantitative estimate of drug-likeness (QED) is 0.886. The first-order valence-corrected chi connectivity index (χ1v) is 5.87. The number of carboxylic acids is 1. The minimum atomic E-state index is -1.17. The third kappa shape index (κ3) is 2.59. The van der Waals surface area contributed by atoms with Gasteiger partial charge < -0.3 is 14.7 Å². The lowest BCUT2D eigenvalue weighted by Gasteiger charge is -2.33. The van der Waals surface area contributed by atoms with Gasteiger partial charge in [-0.3, -0.25) is 0 Å². The van der Waals surface area contributed by atoms with Crippen LogP contribution in [0.1, 0.15) is 23.7 Å². The number of morpholine rings is 1. The molecule has 1 saturated heterocycles. The smallest absolute Gasteiger partial charge is 0.339 e. The van der Waals surface area contributed by atoms with E-state index in [0.29, 0.717) is 25.5 Å². The molecule has 1 fully saturated rings. The Hall–Kier alpha value is -1.69. The molecule has 98 valence electrons. The van der Waals surface area contributed by atoms with Gasteiger partial charge in [-0.15, -0.1) is 0 Å². The maximum absolute atomic E-state index is 13.0. The fourth-order valence-electron chi connectivity index (χ4n) is 2.00. The molecule has 0 aliphatic carbocycles. The highest BCUT2D eigenvalue weighted by atomic mass is 19.1. The van der Waals surface area contributed by atoms with Crippen LogP contribution in [0.2, 0.25) is 0 Å². The van der Waals surface area contributed by atoms with Crippen molar-refractivity contribution in [3.8, 4) is 0 Å². The second-order valence-corrected chi connectivity index (χ2v) is 4.18. The Morgan fingerprint density at radius 3 is 3.17 bits per heavy atom. The molecule has 0 amide bonds. The van der Waals surface area contributed by atoms with Gasteiger partial charge in [-0.25, -0.2) is 14.2 Å². The van der Waals surface area contributed by atoms with Gasteiger partial charge in [0.2, 0.25) is 0 Å². The van der Waals surface area contributed by atoms with Gasteiger partial charge in [0.25, 0.3) is 0 Å². The highest BCUT2D eigenvalue weighted by Crippen LogP contribution is 2.21. The molecule has 0 radical (unpaired) electrons. The largest absolute Gasteiger partial charge is 0.478 e. The van der Waals surface area contributed by atoms with Crippen molar-refractivity contribution in [3.63, 3.8) is 0 Å². The van der Waals surface area contributed by atoms with Gasteiger partial charge in [-0.1, -0.05) is 6.92 Å². The summed E-state index contributed by atoms with van der Waals surface area (Å²) in [5.74, 6) is -1.50. The van der Waals surface area contributed by atoms with Crippen molar-refractivity contribution >= 4 is 11.8 Å². The fourth-order valence-corrected chi connectivity index (χ4v) is 2.00. The molecule has 0 bridgehead atoms. The van der Waals surface area contributed by atoms with Crippen LogP contribution >= 0.6 is 0 Å². The molecule has 0 aromatic carbocycles. The average molecular weight is 254 g/mol. The first kappa shape index (κ1) is 12.8. The Morgan fingerprint density at radius 1 is 1.72 bits per heavy atom.